The van der Waals surface area contributed by atoms with Gasteiger partial charge in [0.1, 0.15) is 11.9 Å². The van der Waals surface area contributed by atoms with Crippen LogP contribution in [0.5, 0.6) is 5.75 Å². The predicted molar refractivity (Wildman–Crippen MR) is 78.5 cm³/mol. The van der Waals surface area contributed by atoms with Crippen molar-refractivity contribution >= 4 is 11.1 Å². The highest BCUT2D eigenvalue weighted by atomic mass is 16.5. The maximum Gasteiger partial charge on any atom is 0.417 e. The largest absolute Gasteiger partial charge is 0.493 e. The van der Waals surface area contributed by atoms with Gasteiger partial charge in [0.05, 0.1) is 12.1 Å². The molecule has 1 aromatic heterocycles. The Bertz CT molecular complexity index is 818. The Kier molecular flexibility index (Phi) is 3.50. The summed E-state index contributed by atoms with van der Waals surface area (Å²) in [6, 6.07) is 12.4. The average molecular weight is 285 g/mol. The Labute approximate surface area is 120 Å². The monoisotopic (exact) mass is 285 g/mol. The minimum absolute atomic E-state index is 0.422. The van der Waals surface area contributed by atoms with Gasteiger partial charge in [-0.3, -0.25) is 4.98 Å². The number of ether oxygens (including phenoxy) is 1. The molecule has 5 nitrogen and oxygen atoms in total. The molecule has 2 aromatic carbocycles. The van der Waals surface area contributed by atoms with Gasteiger partial charge in [0, 0.05) is 5.56 Å². The summed E-state index contributed by atoms with van der Waals surface area (Å²) in [5, 5.41) is 10.6. The van der Waals surface area contributed by atoms with E-state index in [1.165, 1.54) is 0 Å². The quantitative estimate of drug-likeness (QED) is 0.772. The number of fused-ring (bicyclic) bond motifs is 1. The first kappa shape index (κ1) is 13.5. The van der Waals surface area contributed by atoms with Crippen LogP contribution >= 0.6 is 0 Å². The van der Waals surface area contributed by atoms with Crippen LogP contribution in [0.3, 0.4) is 0 Å². The van der Waals surface area contributed by atoms with E-state index in [4.69, 9.17) is 9.15 Å². The SMILES string of the molecule is CCOc1ccccc1C(O)c1ccc2[nH]c(=O)oc2c1. The van der Waals surface area contributed by atoms with E-state index in [2.05, 4.69) is 4.98 Å². The van der Waals surface area contributed by atoms with E-state index in [1.54, 1.807) is 18.2 Å². The highest BCUT2D eigenvalue weighted by Gasteiger charge is 2.16. The third kappa shape index (κ3) is 2.55. The molecule has 1 atom stereocenters. The normalized spacial score (nSPS) is 12.5. The molecule has 0 aliphatic carbocycles. The summed E-state index contributed by atoms with van der Waals surface area (Å²) < 4.78 is 10.6. The Hall–Kier alpha value is -2.53. The van der Waals surface area contributed by atoms with E-state index in [-0.39, 0.29) is 0 Å². The number of hydrogen-bond donors (Lipinski definition) is 2. The van der Waals surface area contributed by atoms with Crippen molar-refractivity contribution in [3.05, 3.63) is 64.1 Å². The van der Waals surface area contributed by atoms with Gasteiger partial charge in [-0.15, -0.1) is 0 Å². The van der Waals surface area contributed by atoms with Crippen LogP contribution in [-0.4, -0.2) is 16.7 Å². The molecule has 0 aliphatic rings. The van der Waals surface area contributed by atoms with Crippen molar-refractivity contribution in [2.75, 3.05) is 6.61 Å². The summed E-state index contributed by atoms with van der Waals surface area (Å²) >= 11 is 0. The molecule has 0 aliphatic heterocycles. The van der Waals surface area contributed by atoms with Gasteiger partial charge in [0.2, 0.25) is 0 Å². The summed E-state index contributed by atoms with van der Waals surface area (Å²) in [5.41, 5.74) is 2.34. The number of aliphatic hydroxyl groups excluding tert-OH is 1. The number of rotatable bonds is 4. The van der Waals surface area contributed by atoms with Gasteiger partial charge in [-0.25, -0.2) is 4.79 Å². The number of benzene rings is 2. The van der Waals surface area contributed by atoms with E-state index in [0.717, 1.165) is 0 Å². The molecule has 0 fully saturated rings. The molecule has 3 aromatic rings. The molecule has 0 radical (unpaired) electrons. The molecule has 5 heteroatoms. The zero-order chi connectivity index (χ0) is 14.8. The van der Waals surface area contributed by atoms with Crippen LogP contribution in [0.2, 0.25) is 0 Å². The van der Waals surface area contributed by atoms with Crippen molar-refractivity contribution < 1.29 is 14.3 Å². The molecule has 108 valence electrons. The Morgan fingerprint density at radius 1 is 1.29 bits per heavy atom. The fourth-order valence-electron chi connectivity index (χ4n) is 2.30. The minimum atomic E-state index is -0.850. The lowest BCUT2D eigenvalue weighted by Crippen LogP contribution is -2.03. The number of aromatic nitrogens is 1. The van der Waals surface area contributed by atoms with Crippen molar-refractivity contribution in [1.29, 1.82) is 0 Å². The summed E-state index contributed by atoms with van der Waals surface area (Å²) in [7, 11) is 0. The van der Waals surface area contributed by atoms with E-state index in [1.807, 2.05) is 31.2 Å². The maximum atomic E-state index is 11.2. The van der Waals surface area contributed by atoms with Crippen LogP contribution < -0.4 is 10.5 Å². The van der Waals surface area contributed by atoms with Gasteiger partial charge in [0.25, 0.3) is 0 Å². The lowest BCUT2D eigenvalue weighted by molar-refractivity contribution is 0.212. The first-order valence-corrected chi connectivity index (χ1v) is 6.71. The van der Waals surface area contributed by atoms with Crippen LogP contribution in [-0.2, 0) is 0 Å². The van der Waals surface area contributed by atoms with E-state index in [0.29, 0.717) is 34.6 Å². The number of aromatic amines is 1. The number of hydrogen-bond acceptors (Lipinski definition) is 4. The Morgan fingerprint density at radius 3 is 2.90 bits per heavy atom. The van der Waals surface area contributed by atoms with Crippen molar-refractivity contribution in [3.63, 3.8) is 0 Å². The van der Waals surface area contributed by atoms with Gasteiger partial charge < -0.3 is 14.3 Å². The topological polar surface area (TPSA) is 75.5 Å². The number of para-hydroxylation sites is 1. The molecule has 0 saturated carbocycles. The fraction of sp³-hybridized carbons (Fsp3) is 0.188. The van der Waals surface area contributed by atoms with Crippen LogP contribution in [0.4, 0.5) is 0 Å². The summed E-state index contributed by atoms with van der Waals surface area (Å²) in [6.45, 7) is 2.42. The third-order valence-corrected chi connectivity index (χ3v) is 3.27. The first-order chi connectivity index (χ1) is 10.2. The Balaban J connectivity index is 2.03. The van der Waals surface area contributed by atoms with E-state index >= 15 is 0 Å². The molecular weight excluding hydrogens is 270 g/mol. The number of nitrogens with one attached hydrogen (secondary N) is 1. The van der Waals surface area contributed by atoms with Gasteiger partial charge >= 0.3 is 5.76 Å². The molecule has 21 heavy (non-hydrogen) atoms. The van der Waals surface area contributed by atoms with Gasteiger partial charge in [0.15, 0.2) is 5.58 Å². The summed E-state index contributed by atoms with van der Waals surface area (Å²) in [6.07, 6.45) is -0.850. The second-order valence-corrected chi connectivity index (χ2v) is 4.64. The number of oxazole rings is 1. The maximum absolute atomic E-state index is 11.2. The van der Waals surface area contributed by atoms with Gasteiger partial charge in [-0.1, -0.05) is 24.3 Å². The lowest BCUT2D eigenvalue weighted by Gasteiger charge is -2.15. The second kappa shape index (κ2) is 5.46. The zero-order valence-electron chi connectivity index (χ0n) is 11.5. The smallest absolute Gasteiger partial charge is 0.417 e. The first-order valence-electron chi connectivity index (χ1n) is 6.71. The molecule has 0 amide bonds. The van der Waals surface area contributed by atoms with Crippen molar-refractivity contribution in [3.8, 4) is 5.75 Å². The van der Waals surface area contributed by atoms with Crippen LogP contribution in [0.1, 0.15) is 24.2 Å². The number of aliphatic hydroxyl groups is 1. The van der Waals surface area contributed by atoms with Crippen molar-refractivity contribution in [1.82, 2.24) is 4.98 Å². The van der Waals surface area contributed by atoms with E-state index in [9.17, 15) is 9.90 Å². The molecule has 1 heterocycles. The van der Waals surface area contributed by atoms with Gasteiger partial charge in [-0.05, 0) is 30.7 Å². The fourth-order valence-corrected chi connectivity index (χ4v) is 2.30. The minimum Gasteiger partial charge on any atom is -0.493 e. The second-order valence-electron chi connectivity index (χ2n) is 4.64. The molecule has 0 bridgehead atoms. The molecule has 0 spiro atoms. The zero-order valence-corrected chi connectivity index (χ0v) is 11.5. The average Bonchev–Trinajstić information content (AvgIpc) is 2.86. The number of H-pyrrole nitrogens is 1. The van der Waals surface area contributed by atoms with Crippen molar-refractivity contribution in [2.24, 2.45) is 0 Å². The predicted octanol–water partition coefficient (Wildman–Crippen LogP) is 2.60. The highest BCUT2D eigenvalue weighted by Crippen LogP contribution is 2.31. The summed E-state index contributed by atoms with van der Waals surface area (Å²) in [4.78, 5) is 13.7. The molecule has 1 unspecified atom stereocenters. The van der Waals surface area contributed by atoms with Crippen molar-refractivity contribution in [2.45, 2.75) is 13.0 Å². The molecule has 0 saturated heterocycles. The molecular formula is C16H15NO4. The third-order valence-electron chi connectivity index (χ3n) is 3.27. The summed E-state index contributed by atoms with van der Waals surface area (Å²) in [5.74, 6) is 0.134. The molecule has 3 rings (SSSR count). The van der Waals surface area contributed by atoms with Gasteiger partial charge in [-0.2, -0.15) is 0 Å². The lowest BCUT2D eigenvalue weighted by atomic mass is 10.0. The standard InChI is InChI=1S/C16H15NO4/c1-2-20-13-6-4-3-5-11(13)15(18)10-7-8-12-14(9-10)21-16(19)17-12/h3-9,15,18H,2H2,1H3,(H,17,19). The van der Waals surface area contributed by atoms with Crippen LogP contribution in [0.25, 0.3) is 11.1 Å². The Morgan fingerprint density at radius 2 is 2.10 bits per heavy atom. The van der Waals surface area contributed by atoms with Crippen LogP contribution in [0.15, 0.2) is 51.7 Å². The van der Waals surface area contributed by atoms with Crippen LogP contribution in [0, 0.1) is 0 Å². The molecule has 2 N–H and O–H groups in total. The van der Waals surface area contributed by atoms with E-state index < -0.39 is 11.9 Å². The highest BCUT2D eigenvalue weighted by molar-refractivity contribution is 5.73.